The van der Waals surface area contributed by atoms with Gasteiger partial charge in [0.25, 0.3) is 0 Å². The van der Waals surface area contributed by atoms with Crippen molar-refractivity contribution in [1.29, 1.82) is 0 Å². The molecule has 0 atom stereocenters. The lowest BCUT2D eigenvalue weighted by Gasteiger charge is -2.27. The Bertz CT molecular complexity index is 1190. The molecule has 0 fully saturated rings. The van der Waals surface area contributed by atoms with Crippen LogP contribution in [0.5, 0.6) is 0 Å². The summed E-state index contributed by atoms with van der Waals surface area (Å²) in [4.78, 5) is 11.8. The molecule has 0 saturated carbocycles. The van der Waals surface area contributed by atoms with Gasteiger partial charge in [0.15, 0.2) is 0 Å². The number of nitrogens with one attached hydrogen (secondary N) is 1. The van der Waals surface area contributed by atoms with Crippen LogP contribution in [-0.4, -0.2) is 41.5 Å². The van der Waals surface area contributed by atoms with Gasteiger partial charge in [-0.25, -0.2) is 10.2 Å². The number of ether oxygens (including phenoxy) is 1. The van der Waals surface area contributed by atoms with E-state index in [0.717, 1.165) is 11.8 Å². The fraction of sp³-hybridized carbons (Fsp3) is 0.273. The molecule has 12 heteroatoms. The molecule has 2 aromatic carbocycles. The summed E-state index contributed by atoms with van der Waals surface area (Å²) >= 11 is 0. The zero-order valence-corrected chi connectivity index (χ0v) is 17.5. The third-order valence-corrected chi connectivity index (χ3v) is 4.80. The SMILES string of the molecule is CCOC(=O)c1ccc(Cn2cc(/C=N\NC(F)(F)C(F)(F)C(F)(F)F)c3ccccc32)cc1. The van der Waals surface area contributed by atoms with Crippen molar-refractivity contribution < 1.29 is 40.3 Å². The first kappa shape index (κ1) is 25.1. The standard InChI is InChI=1S/C22H18F7N3O2/c1-2-34-19(33)15-9-7-14(8-10-15)12-32-13-16(17-5-3-4-6-18(17)32)11-30-31-22(28,29)20(23,24)21(25,26)27/h3-11,13,31H,2,12H2,1H3/b30-11-. The van der Waals surface area contributed by atoms with E-state index in [1.54, 1.807) is 60.0 Å². The number of hydrogen-bond acceptors (Lipinski definition) is 4. The van der Waals surface area contributed by atoms with Gasteiger partial charge in [0.05, 0.1) is 18.4 Å². The Morgan fingerprint density at radius 2 is 1.68 bits per heavy atom. The Balaban J connectivity index is 1.83. The van der Waals surface area contributed by atoms with Crippen LogP contribution in [0.15, 0.2) is 59.8 Å². The molecule has 0 spiro atoms. The smallest absolute Gasteiger partial charge is 0.462 e. The van der Waals surface area contributed by atoms with Gasteiger partial charge < -0.3 is 9.30 Å². The van der Waals surface area contributed by atoms with Crippen LogP contribution in [0, 0.1) is 0 Å². The molecule has 182 valence electrons. The lowest BCUT2D eigenvalue weighted by Crippen LogP contribution is -2.58. The van der Waals surface area contributed by atoms with Crippen molar-refractivity contribution in [3.63, 3.8) is 0 Å². The summed E-state index contributed by atoms with van der Waals surface area (Å²) in [5, 5.41) is 3.44. The van der Waals surface area contributed by atoms with E-state index < -0.39 is 24.1 Å². The first-order chi connectivity index (χ1) is 15.9. The first-order valence-corrected chi connectivity index (χ1v) is 9.84. The number of para-hydroxylation sites is 1. The van der Waals surface area contributed by atoms with Gasteiger partial charge in [0.1, 0.15) is 0 Å². The summed E-state index contributed by atoms with van der Waals surface area (Å²) < 4.78 is 96.2. The van der Waals surface area contributed by atoms with Crippen LogP contribution in [-0.2, 0) is 11.3 Å². The lowest BCUT2D eigenvalue weighted by atomic mass is 10.1. The Morgan fingerprint density at radius 3 is 2.29 bits per heavy atom. The van der Waals surface area contributed by atoms with Crippen molar-refractivity contribution in [2.75, 3.05) is 6.61 Å². The summed E-state index contributed by atoms with van der Waals surface area (Å²) in [7, 11) is 0. The van der Waals surface area contributed by atoms with Gasteiger partial charge in [-0.1, -0.05) is 30.3 Å². The third kappa shape index (κ3) is 5.00. The Kier molecular flexibility index (Phi) is 6.89. The summed E-state index contributed by atoms with van der Waals surface area (Å²) in [5.41, 5.74) is 2.58. The summed E-state index contributed by atoms with van der Waals surface area (Å²) in [6.45, 7) is 2.20. The maximum absolute atomic E-state index is 13.4. The monoisotopic (exact) mass is 489 g/mol. The van der Waals surface area contributed by atoms with Crippen LogP contribution in [0.4, 0.5) is 30.7 Å². The lowest BCUT2D eigenvalue weighted by molar-refractivity contribution is -0.361. The molecule has 3 rings (SSSR count). The number of fused-ring (bicyclic) bond motifs is 1. The van der Waals surface area contributed by atoms with Crippen molar-refractivity contribution >= 4 is 23.1 Å². The number of esters is 1. The molecule has 0 aliphatic heterocycles. The molecule has 5 nitrogen and oxygen atoms in total. The van der Waals surface area contributed by atoms with Crippen molar-refractivity contribution in [2.45, 2.75) is 31.6 Å². The molecular weight excluding hydrogens is 471 g/mol. The number of aromatic nitrogens is 1. The van der Waals surface area contributed by atoms with Crippen molar-refractivity contribution in [2.24, 2.45) is 5.10 Å². The molecule has 0 radical (unpaired) electrons. The number of hydrazone groups is 1. The maximum atomic E-state index is 13.4. The molecule has 0 aliphatic rings. The van der Waals surface area contributed by atoms with E-state index in [-0.39, 0.29) is 18.7 Å². The minimum absolute atomic E-state index is 0.206. The fourth-order valence-electron chi connectivity index (χ4n) is 3.10. The second kappa shape index (κ2) is 9.35. The maximum Gasteiger partial charge on any atom is 0.462 e. The van der Waals surface area contributed by atoms with Crippen molar-refractivity contribution in [3.8, 4) is 0 Å². The van der Waals surface area contributed by atoms with E-state index in [4.69, 9.17) is 4.74 Å². The van der Waals surface area contributed by atoms with Crippen molar-refractivity contribution in [3.05, 3.63) is 71.4 Å². The van der Waals surface area contributed by atoms with Crippen molar-refractivity contribution in [1.82, 2.24) is 9.99 Å². The highest BCUT2D eigenvalue weighted by atomic mass is 19.4. The van der Waals surface area contributed by atoms with Gasteiger partial charge in [-0.05, 0) is 30.7 Å². The van der Waals surface area contributed by atoms with E-state index in [0.29, 0.717) is 21.9 Å². The van der Waals surface area contributed by atoms with Crippen LogP contribution in [0.3, 0.4) is 0 Å². The third-order valence-electron chi connectivity index (χ3n) is 4.80. The zero-order valence-electron chi connectivity index (χ0n) is 17.5. The quantitative estimate of drug-likeness (QED) is 0.148. The van der Waals surface area contributed by atoms with Crippen LogP contribution in [0.1, 0.15) is 28.4 Å². The predicted molar refractivity (Wildman–Crippen MR) is 110 cm³/mol. The molecule has 1 aromatic heterocycles. The first-order valence-electron chi connectivity index (χ1n) is 9.84. The molecular formula is C22H18F7N3O2. The number of nitrogens with zero attached hydrogens (tertiary/aromatic N) is 2. The van der Waals surface area contributed by atoms with Gasteiger partial charge in [-0.3, -0.25) is 0 Å². The second-order valence-electron chi connectivity index (χ2n) is 7.16. The predicted octanol–water partition coefficient (Wildman–Crippen LogP) is 5.58. The van der Waals surface area contributed by atoms with Crippen LogP contribution in [0.2, 0.25) is 0 Å². The van der Waals surface area contributed by atoms with Gasteiger partial charge in [0, 0.05) is 29.2 Å². The highest BCUT2D eigenvalue weighted by Crippen LogP contribution is 2.45. The fourth-order valence-corrected chi connectivity index (χ4v) is 3.10. The van der Waals surface area contributed by atoms with Gasteiger partial charge in [-0.2, -0.15) is 35.8 Å². The molecule has 0 unspecified atom stereocenters. The Labute approximate surface area is 188 Å². The second-order valence-corrected chi connectivity index (χ2v) is 7.16. The van der Waals surface area contributed by atoms with E-state index in [2.05, 4.69) is 5.10 Å². The highest BCUT2D eigenvalue weighted by molar-refractivity contribution is 5.99. The molecule has 0 bridgehead atoms. The minimum atomic E-state index is -6.46. The summed E-state index contributed by atoms with van der Waals surface area (Å²) in [5.74, 6) is -6.79. The average Bonchev–Trinajstić information content (AvgIpc) is 3.11. The molecule has 1 N–H and O–H groups in total. The molecule has 0 saturated heterocycles. The summed E-state index contributed by atoms with van der Waals surface area (Å²) in [6.07, 6.45) is -4.24. The summed E-state index contributed by atoms with van der Waals surface area (Å²) in [6, 6.07) is 7.55. The zero-order chi connectivity index (χ0) is 25.1. The van der Waals surface area contributed by atoms with Gasteiger partial charge in [0.2, 0.25) is 0 Å². The Morgan fingerprint density at radius 1 is 1.03 bits per heavy atom. The average molecular weight is 489 g/mol. The highest BCUT2D eigenvalue weighted by Gasteiger charge is 2.73. The molecule has 0 amide bonds. The number of benzene rings is 2. The van der Waals surface area contributed by atoms with Crippen LogP contribution in [0.25, 0.3) is 10.9 Å². The minimum Gasteiger partial charge on any atom is -0.462 e. The normalized spacial score (nSPS) is 12.9. The van der Waals surface area contributed by atoms with Gasteiger partial charge >= 0.3 is 24.1 Å². The van der Waals surface area contributed by atoms with Gasteiger partial charge in [-0.15, -0.1) is 0 Å². The van der Waals surface area contributed by atoms with E-state index >= 15 is 0 Å². The topological polar surface area (TPSA) is 55.6 Å². The van der Waals surface area contributed by atoms with E-state index in [1.165, 1.54) is 6.20 Å². The largest absolute Gasteiger partial charge is 0.462 e. The van der Waals surface area contributed by atoms with E-state index in [1.807, 2.05) is 0 Å². The van der Waals surface area contributed by atoms with E-state index in [9.17, 15) is 35.5 Å². The molecule has 1 heterocycles. The van der Waals surface area contributed by atoms with Crippen LogP contribution >= 0.6 is 0 Å². The van der Waals surface area contributed by atoms with Crippen LogP contribution < -0.4 is 5.43 Å². The number of carbonyl (C=O) groups is 1. The molecule has 34 heavy (non-hydrogen) atoms. The number of hydrogen-bond donors (Lipinski definition) is 1. The Hall–Kier alpha value is -3.57. The molecule has 3 aromatic rings. The number of halogens is 7. The number of rotatable bonds is 8. The number of alkyl halides is 7. The number of carbonyl (C=O) groups excluding carboxylic acids is 1. The molecule has 0 aliphatic carbocycles.